The van der Waals surface area contributed by atoms with Crippen molar-refractivity contribution in [2.45, 2.75) is 25.3 Å². The highest BCUT2D eigenvalue weighted by molar-refractivity contribution is 5.92. The van der Waals surface area contributed by atoms with Crippen LogP contribution in [0.5, 0.6) is 0 Å². The first-order valence-electron chi connectivity index (χ1n) is 3.48. The van der Waals surface area contributed by atoms with E-state index in [-0.39, 0.29) is 5.78 Å². The van der Waals surface area contributed by atoms with Crippen LogP contribution >= 0.6 is 0 Å². The predicted octanol–water partition coefficient (Wildman–Crippen LogP) is 0.464. The second-order valence-corrected chi connectivity index (χ2v) is 2.75. The molecule has 1 rings (SSSR count). The molecule has 0 aromatic heterocycles. The van der Waals surface area contributed by atoms with Gasteiger partial charge in [-0.05, 0) is 19.8 Å². The summed E-state index contributed by atoms with van der Waals surface area (Å²) in [6, 6.07) is 0. The highest BCUT2D eigenvalue weighted by Gasteiger charge is 2.48. The van der Waals surface area contributed by atoms with Gasteiger partial charge in [0, 0.05) is 0 Å². The number of carbonyl (C=O) groups is 2. The number of ketones is 1. The summed E-state index contributed by atoms with van der Waals surface area (Å²) >= 11 is 0. The fourth-order valence-corrected chi connectivity index (χ4v) is 0.936. The van der Waals surface area contributed by atoms with Gasteiger partial charge in [0.05, 0.1) is 7.11 Å². The van der Waals surface area contributed by atoms with E-state index in [0.717, 1.165) is 12.8 Å². The quantitative estimate of drug-likeness (QED) is 0.633. The van der Waals surface area contributed by atoms with Gasteiger partial charge in [0.1, 0.15) is 5.54 Å². The monoisotopic (exact) mass is 157 g/mol. The number of ether oxygens (including phenoxy) is 1. The molecule has 1 aliphatic carbocycles. The summed E-state index contributed by atoms with van der Waals surface area (Å²) in [6.45, 7) is 1.48. The molecule has 0 aliphatic heterocycles. The maximum Gasteiger partial charge on any atom is 0.407 e. The molecule has 0 spiro atoms. The Labute approximate surface area is 64.9 Å². The van der Waals surface area contributed by atoms with E-state index < -0.39 is 11.6 Å². The SMILES string of the molecule is COC(=O)NC1(C(C)=O)CC1. The maximum absolute atomic E-state index is 10.9. The average molecular weight is 157 g/mol. The topological polar surface area (TPSA) is 55.4 Å². The number of rotatable bonds is 2. The zero-order valence-corrected chi connectivity index (χ0v) is 6.64. The van der Waals surface area contributed by atoms with Crippen molar-refractivity contribution < 1.29 is 14.3 Å². The Balaban J connectivity index is 2.48. The van der Waals surface area contributed by atoms with E-state index in [2.05, 4.69) is 10.1 Å². The van der Waals surface area contributed by atoms with E-state index in [9.17, 15) is 9.59 Å². The summed E-state index contributed by atoms with van der Waals surface area (Å²) in [7, 11) is 1.28. The van der Waals surface area contributed by atoms with Crippen molar-refractivity contribution in [2.75, 3.05) is 7.11 Å². The molecule has 1 N–H and O–H groups in total. The summed E-state index contributed by atoms with van der Waals surface area (Å²) in [4.78, 5) is 21.6. The molecule has 11 heavy (non-hydrogen) atoms. The molecule has 0 bridgehead atoms. The third kappa shape index (κ3) is 1.50. The number of alkyl carbamates (subject to hydrolysis) is 1. The van der Waals surface area contributed by atoms with Gasteiger partial charge in [0.15, 0.2) is 5.78 Å². The lowest BCUT2D eigenvalue weighted by atomic mass is 10.2. The minimum Gasteiger partial charge on any atom is -0.453 e. The van der Waals surface area contributed by atoms with E-state index in [1.807, 2.05) is 0 Å². The van der Waals surface area contributed by atoms with Crippen LogP contribution in [-0.2, 0) is 9.53 Å². The Bertz CT molecular complexity index is 196. The highest BCUT2D eigenvalue weighted by Crippen LogP contribution is 2.36. The van der Waals surface area contributed by atoms with Gasteiger partial charge >= 0.3 is 6.09 Å². The average Bonchev–Trinajstić information content (AvgIpc) is 2.69. The Hall–Kier alpha value is -1.06. The van der Waals surface area contributed by atoms with Crippen LogP contribution in [0.15, 0.2) is 0 Å². The largest absolute Gasteiger partial charge is 0.453 e. The van der Waals surface area contributed by atoms with Crippen LogP contribution in [0.4, 0.5) is 4.79 Å². The molecule has 0 unspecified atom stereocenters. The zero-order valence-electron chi connectivity index (χ0n) is 6.64. The van der Waals surface area contributed by atoms with Gasteiger partial charge in [-0.2, -0.15) is 0 Å². The minimum absolute atomic E-state index is 0.00269. The predicted molar refractivity (Wildman–Crippen MR) is 38.2 cm³/mol. The summed E-state index contributed by atoms with van der Waals surface area (Å²) in [5.74, 6) is 0.00269. The van der Waals surface area contributed by atoms with Crippen LogP contribution in [0.25, 0.3) is 0 Å². The zero-order chi connectivity index (χ0) is 8.48. The van der Waals surface area contributed by atoms with Crippen molar-refractivity contribution in [3.63, 3.8) is 0 Å². The van der Waals surface area contributed by atoms with Gasteiger partial charge in [0.2, 0.25) is 0 Å². The molecule has 0 heterocycles. The van der Waals surface area contributed by atoms with E-state index in [4.69, 9.17) is 0 Å². The summed E-state index contributed by atoms with van der Waals surface area (Å²) in [6.07, 6.45) is 0.937. The van der Waals surface area contributed by atoms with Gasteiger partial charge < -0.3 is 10.1 Å². The molecule has 62 valence electrons. The molecule has 0 radical (unpaired) electrons. The van der Waals surface area contributed by atoms with Gasteiger partial charge in [-0.25, -0.2) is 4.79 Å². The van der Waals surface area contributed by atoms with Crippen molar-refractivity contribution in [3.05, 3.63) is 0 Å². The standard InChI is InChI=1S/C7H11NO3/c1-5(9)7(3-4-7)8-6(10)11-2/h3-4H2,1-2H3,(H,8,10). The molecule has 0 aromatic carbocycles. The molecule has 1 fully saturated rings. The number of nitrogens with one attached hydrogen (secondary N) is 1. The molecular formula is C7H11NO3. The molecule has 0 aromatic rings. The normalized spacial score (nSPS) is 18.7. The van der Waals surface area contributed by atoms with Gasteiger partial charge in [-0.15, -0.1) is 0 Å². The van der Waals surface area contributed by atoms with Crippen molar-refractivity contribution >= 4 is 11.9 Å². The number of carbonyl (C=O) groups excluding carboxylic acids is 2. The number of hydrogen-bond donors (Lipinski definition) is 1. The molecule has 1 saturated carbocycles. The van der Waals surface area contributed by atoms with Crippen molar-refractivity contribution in [1.82, 2.24) is 5.32 Å². The van der Waals surface area contributed by atoms with E-state index in [0.29, 0.717) is 0 Å². The molecule has 1 amide bonds. The number of methoxy groups -OCH3 is 1. The summed E-state index contributed by atoms with van der Waals surface area (Å²) in [5, 5.41) is 2.51. The number of amides is 1. The lowest BCUT2D eigenvalue weighted by Crippen LogP contribution is -2.41. The van der Waals surface area contributed by atoms with Crippen LogP contribution < -0.4 is 5.32 Å². The summed E-state index contributed by atoms with van der Waals surface area (Å²) < 4.78 is 4.37. The Morgan fingerprint density at radius 3 is 2.27 bits per heavy atom. The van der Waals surface area contributed by atoms with Gasteiger partial charge in [-0.3, -0.25) is 4.79 Å². The molecular weight excluding hydrogens is 146 g/mol. The first-order valence-corrected chi connectivity index (χ1v) is 3.48. The first-order chi connectivity index (χ1) is 5.10. The number of Topliss-reactive ketones (excluding diaryl/α,β-unsaturated/α-hetero) is 1. The lowest BCUT2D eigenvalue weighted by Gasteiger charge is -2.11. The third-order valence-corrected chi connectivity index (χ3v) is 1.95. The van der Waals surface area contributed by atoms with E-state index in [1.165, 1.54) is 14.0 Å². The summed E-state index contributed by atoms with van der Waals surface area (Å²) in [5.41, 5.74) is -0.590. The molecule has 1 aliphatic rings. The Morgan fingerprint density at radius 1 is 1.45 bits per heavy atom. The number of hydrogen-bond acceptors (Lipinski definition) is 3. The van der Waals surface area contributed by atoms with Crippen LogP contribution in [0.1, 0.15) is 19.8 Å². The Morgan fingerprint density at radius 2 is 2.00 bits per heavy atom. The fourth-order valence-electron chi connectivity index (χ4n) is 0.936. The maximum atomic E-state index is 10.9. The Kier molecular flexibility index (Phi) is 1.85. The van der Waals surface area contributed by atoms with Crippen molar-refractivity contribution in [2.24, 2.45) is 0 Å². The molecule has 4 nitrogen and oxygen atoms in total. The third-order valence-electron chi connectivity index (χ3n) is 1.95. The van der Waals surface area contributed by atoms with E-state index >= 15 is 0 Å². The minimum atomic E-state index is -0.590. The molecule has 0 saturated heterocycles. The van der Waals surface area contributed by atoms with Crippen LogP contribution in [0.2, 0.25) is 0 Å². The smallest absolute Gasteiger partial charge is 0.407 e. The second-order valence-electron chi connectivity index (χ2n) is 2.75. The molecule has 4 heteroatoms. The van der Waals surface area contributed by atoms with Gasteiger partial charge in [0.25, 0.3) is 0 Å². The van der Waals surface area contributed by atoms with Crippen LogP contribution in [-0.4, -0.2) is 24.5 Å². The highest BCUT2D eigenvalue weighted by atomic mass is 16.5. The van der Waals surface area contributed by atoms with E-state index in [1.54, 1.807) is 0 Å². The van der Waals surface area contributed by atoms with Gasteiger partial charge in [-0.1, -0.05) is 0 Å². The van der Waals surface area contributed by atoms with Crippen molar-refractivity contribution in [1.29, 1.82) is 0 Å². The van der Waals surface area contributed by atoms with Crippen LogP contribution in [0, 0.1) is 0 Å². The lowest BCUT2D eigenvalue weighted by molar-refractivity contribution is -0.119. The van der Waals surface area contributed by atoms with Crippen LogP contribution in [0.3, 0.4) is 0 Å². The first kappa shape index (κ1) is 8.04. The molecule has 0 atom stereocenters. The second kappa shape index (κ2) is 2.53. The fraction of sp³-hybridized carbons (Fsp3) is 0.714. The van der Waals surface area contributed by atoms with Crippen molar-refractivity contribution in [3.8, 4) is 0 Å².